The molecule has 0 radical (unpaired) electrons. The molecule has 3 aromatic rings. The molecule has 2 heterocycles. The Bertz CT molecular complexity index is 875. The van der Waals surface area contributed by atoms with Crippen molar-refractivity contribution in [3.05, 3.63) is 69.7 Å². The van der Waals surface area contributed by atoms with Crippen molar-refractivity contribution in [1.82, 2.24) is 9.97 Å². The molecular formula is C15H10ClN3O2. The van der Waals surface area contributed by atoms with Crippen molar-refractivity contribution in [2.45, 2.75) is 0 Å². The van der Waals surface area contributed by atoms with Crippen LogP contribution in [-0.4, -0.2) is 15.9 Å². The molecule has 0 aliphatic rings. The third kappa shape index (κ3) is 2.64. The molecule has 2 aromatic heterocycles. The average molecular weight is 300 g/mol. The molecule has 0 spiro atoms. The van der Waals surface area contributed by atoms with Crippen LogP contribution in [0.5, 0.6) is 0 Å². The summed E-state index contributed by atoms with van der Waals surface area (Å²) in [5, 5.41) is 3.56. The van der Waals surface area contributed by atoms with E-state index in [1.807, 2.05) is 0 Å². The maximum atomic E-state index is 12.3. The summed E-state index contributed by atoms with van der Waals surface area (Å²) in [4.78, 5) is 31.3. The third-order valence-electron chi connectivity index (χ3n) is 3.01. The lowest BCUT2D eigenvalue weighted by atomic mass is 10.1. The molecule has 0 atom stereocenters. The van der Waals surface area contributed by atoms with E-state index in [9.17, 15) is 9.59 Å². The van der Waals surface area contributed by atoms with Crippen molar-refractivity contribution < 1.29 is 4.79 Å². The number of halogens is 1. The van der Waals surface area contributed by atoms with E-state index in [-0.39, 0.29) is 11.0 Å². The zero-order chi connectivity index (χ0) is 14.8. The van der Waals surface area contributed by atoms with Gasteiger partial charge in [-0.25, -0.2) is 0 Å². The topological polar surface area (TPSA) is 74.8 Å². The highest BCUT2D eigenvalue weighted by molar-refractivity contribution is 6.31. The van der Waals surface area contributed by atoms with Crippen LogP contribution in [-0.2, 0) is 0 Å². The Labute approximate surface area is 124 Å². The summed E-state index contributed by atoms with van der Waals surface area (Å²) >= 11 is 5.87. The zero-order valence-electron chi connectivity index (χ0n) is 10.8. The third-order valence-corrected chi connectivity index (χ3v) is 3.24. The smallest absolute Gasteiger partial charge is 0.261 e. The molecule has 21 heavy (non-hydrogen) atoms. The summed E-state index contributed by atoms with van der Waals surface area (Å²) in [6, 6.07) is 8.24. The van der Waals surface area contributed by atoms with Crippen molar-refractivity contribution in [2.75, 3.05) is 5.32 Å². The number of hydrogen-bond donors (Lipinski definition) is 2. The summed E-state index contributed by atoms with van der Waals surface area (Å²) in [7, 11) is 0. The summed E-state index contributed by atoms with van der Waals surface area (Å²) in [6.45, 7) is 0. The number of aromatic nitrogens is 2. The second kappa shape index (κ2) is 5.38. The lowest BCUT2D eigenvalue weighted by molar-refractivity contribution is 0.102. The maximum absolute atomic E-state index is 12.3. The Morgan fingerprint density at radius 1 is 1.29 bits per heavy atom. The SMILES string of the molecule is O=C(Nc1cccnc1)c1c[nH]c2cc(Cl)ccc2c1=O. The van der Waals surface area contributed by atoms with Gasteiger partial charge in [0.1, 0.15) is 5.56 Å². The van der Waals surface area contributed by atoms with Gasteiger partial charge in [0, 0.05) is 22.8 Å². The van der Waals surface area contributed by atoms with Gasteiger partial charge in [-0.2, -0.15) is 0 Å². The van der Waals surface area contributed by atoms with Crippen molar-refractivity contribution in [3.63, 3.8) is 0 Å². The number of nitrogens with zero attached hydrogens (tertiary/aromatic N) is 1. The summed E-state index contributed by atoms with van der Waals surface area (Å²) in [5.74, 6) is -0.485. The summed E-state index contributed by atoms with van der Waals surface area (Å²) in [5.41, 5.74) is 0.805. The molecule has 0 fully saturated rings. The largest absolute Gasteiger partial charge is 0.360 e. The van der Waals surface area contributed by atoms with E-state index in [2.05, 4.69) is 15.3 Å². The quantitative estimate of drug-likeness (QED) is 0.764. The van der Waals surface area contributed by atoms with Crippen LogP contribution in [0.2, 0.25) is 5.02 Å². The van der Waals surface area contributed by atoms with Crippen molar-refractivity contribution >= 4 is 34.1 Å². The first kappa shape index (κ1) is 13.3. The molecule has 2 N–H and O–H groups in total. The monoisotopic (exact) mass is 299 g/mol. The van der Waals surface area contributed by atoms with Crippen LogP contribution in [0.25, 0.3) is 10.9 Å². The first-order chi connectivity index (χ1) is 10.1. The molecule has 1 aromatic carbocycles. The van der Waals surface area contributed by atoms with Crippen LogP contribution >= 0.6 is 11.6 Å². The van der Waals surface area contributed by atoms with Crippen LogP contribution in [0, 0.1) is 0 Å². The maximum Gasteiger partial charge on any atom is 0.261 e. The van der Waals surface area contributed by atoms with E-state index in [0.717, 1.165) is 0 Å². The number of carbonyl (C=O) groups excluding carboxylic acids is 1. The molecule has 3 rings (SSSR count). The fourth-order valence-corrected chi connectivity index (χ4v) is 2.17. The number of rotatable bonds is 2. The van der Waals surface area contributed by atoms with Crippen molar-refractivity contribution in [3.8, 4) is 0 Å². The number of hydrogen-bond acceptors (Lipinski definition) is 3. The minimum Gasteiger partial charge on any atom is -0.360 e. The van der Waals surface area contributed by atoms with Gasteiger partial charge in [0.05, 0.1) is 17.4 Å². The van der Waals surface area contributed by atoms with Gasteiger partial charge in [0.15, 0.2) is 0 Å². The molecule has 0 bridgehead atoms. The van der Waals surface area contributed by atoms with Crippen LogP contribution < -0.4 is 10.7 Å². The van der Waals surface area contributed by atoms with E-state index in [0.29, 0.717) is 21.6 Å². The first-order valence-electron chi connectivity index (χ1n) is 6.17. The van der Waals surface area contributed by atoms with Crippen LogP contribution in [0.15, 0.2) is 53.7 Å². The Morgan fingerprint density at radius 2 is 2.14 bits per heavy atom. The van der Waals surface area contributed by atoms with Gasteiger partial charge in [-0.1, -0.05) is 11.6 Å². The Balaban J connectivity index is 2.01. The molecule has 0 saturated heterocycles. The number of amides is 1. The number of benzene rings is 1. The van der Waals surface area contributed by atoms with Gasteiger partial charge in [-0.3, -0.25) is 14.6 Å². The highest BCUT2D eigenvalue weighted by Gasteiger charge is 2.13. The van der Waals surface area contributed by atoms with Crippen molar-refractivity contribution in [1.29, 1.82) is 0 Å². The minimum atomic E-state index is -0.485. The number of aromatic amines is 1. The molecule has 0 aliphatic heterocycles. The first-order valence-corrected chi connectivity index (χ1v) is 6.55. The Morgan fingerprint density at radius 3 is 2.90 bits per heavy atom. The molecule has 104 valence electrons. The standard InChI is InChI=1S/C15H10ClN3O2/c16-9-3-4-11-13(6-9)18-8-12(14(11)20)15(21)19-10-2-1-5-17-7-10/h1-8H,(H,18,20)(H,19,21). The van der Waals surface area contributed by atoms with Crippen LogP contribution in [0.1, 0.15) is 10.4 Å². The Kier molecular flexibility index (Phi) is 3.41. The van der Waals surface area contributed by atoms with E-state index in [1.54, 1.807) is 36.5 Å². The molecule has 1 amide bonds. The summed E-state index contributed by atoms with van der Waals surface area (Å²) in [6.07, 6.45) is 4.49. The van der Waals surface area contributed by atoms with Gasteiger partial charge in [0.2, 0.25) is 5.43 Å². The second-order valence-corrected chi connectivity index (χ2v) is 4.85. The predicted octanol–water partition coefficient (Wildman–Crippen LogP) is 2.83. The van der Waals surface area contributed by atoms with Crippen LogP contribution in [0.4, 0.5) is 5.69 Å². The Hall–Kier alpha value is -2.66. The molecule has 6 heteroatoms. The number of anilines is 1. The lowest BCUT2D eigenvalue weighted by Gasteiger charge is -2.05. The van der Waals surface area contributed by atoms with Crippen molar-refractivity contribution in [2.24, 2.45) is 0 Å². The molecular weight excluding hydrogens is 290 g/mol. The van der Waals surface area contributed by atoms with Crippen LogP contribution in [0.3, 0.4) is 0 Å². The number of H-pyrrole nitrogens is 1. The lowest BCUT2D eigenvalue weighted by Crippen LogP contribution is -2.21. The van der Waals surface area contributed by atoms with Gasteiger partial charge in [-0.05, 0) is 30.3 Å². The van der Waals surface area contributed by atoms with Gasteiger partial charge in [-0.15, -0.1) is 0 Å². The van der Waals surface area contributed by atoms with Gasteiger partial charge in [0.25, 0.3) is 5.91 Å². The fraction of sp³-hybridized carbons (Fsp3) is 0. The number of carbonyl (C=O) groups is 1. The number of nitrogens with one attached hydrogen (secondary N) is 2. The fourth-order valence-electron chi connectivity index (χ4n) is 2.00. The number of fused-ring (bicyclic) bond motifs is 1. The predicted molar refractivity (Wildman–Crippen MR) is 81.8 cm³/mol. The zero-order valence-corrected chi connectivity index (χ0v) is 11.5. The average Bonchev–Trinajstić information content (AvgIpc) is 2.48. The molecule has 0 saturated carbocycles. The minimum absolute atomic E-state index is 0.0358. The normalized spacial score (nSPS) is 10.5. The second-order valence-electron chi connectivity index (χ2n) is 4.42. The van der Waals surface area contributed by atoms with E-state index >= 15 is 0 Å². The molecule has 5 nitrogen and oxygen atoms in total. The van der Waals surface area contributed by atoms with Gasteiger partial charge >= 0.3 is 0 Å². The van der Waals surface area contributed by atoms with Gasteiger partial charge < -0.3 is 10.3 Å². The van der Waals surface area contributed by atoms with E-state index in [4.69, 9.17) is 11.6 Å². The van der Waals surface area contributed by atoms with E-state index in [1.165, 1.54) is 12.4 Å². The summed E-state index contributed by atoms with van der Waals surface area (Å²) < 4.78 is 0. The number of pyridine rings is 2. The molecule has 0 aliphatic carbocycles. The highest BCUT2D eigenvalue weighted by Crippen LogP contribution is 2.15. The molecule has 0 unspecified atom stereocenters. The van der Waals surface area contributed by atoms with E-state index < -0.39 is 5.91 Å². The highest BCUT2D eigenvalue weighted by atomic mass is 35.5.